The molecule has 0 saturated carbocycles. The fraction of sp³-hybridized carbons (Fsp3) is 0.438. The number of amides is 1. The number of carbonyl (C=O) groups excluding carboxylic acids is 1. The summed E-state index contributed by atoms with van der Waals surface area (Å²) in [5.41, 5.74) is 1.00. The zero-order valence-electron chi connectivity index (χ0n) is 12.3. The maximum atomic E-state index is 13.7. The zero-order valence-corrected chi connectivity index (χ0v) is 12.3. The smallest absolute Gasteiger partial charge is 0.247 e. The highest BCUT2D eigenvalue weighted by Crippen LogP contribution is 2.19. The summed E-state index contributed by atoms with van der Waals surface area (Å²) in [5.74, 6) is -0.535. The van der Waals surface area contributed by atoms with E-state index in [0.717, 1.165) is 0 Å². The van der Waals surface area contributed by atoms with Crippen LogP contribution in [0.4, 0.5) is 4.39 Å². The Morgan fingerprint density at radius 1 is 1.52 bits per heavy atom. The number of nitrogens with zero attached hydrogens (tertiary/aromatic N) is 1. The quantitative estimate of drug-likeness (QED) is 0.865. The average molecular weight is 293 g/mol. The monoisotopic (exact) mass is 293 g/mol. The number of allylic oxidation sites excluding steroid dienone is 1. The van der Waals surface area contributed by atoms with Gasteiger partial charge in [0.25, 0.3) is 0 Å². The predicted molar refractivity (Wildman–Crippen MR) is 78.1 cm³/mol. The van der Waals surface area contributed by atoms with Gasteiger partial charge >= 0.3 is 0 Å². The van der Waals surface area contributed by atoms with Crippen LogP contribution >= 0.6 is 0 Å². The van der Waals surface area contributed by atoms with Crippen molar-refractivity contribution in [2.45, 2.75) is 26.0 Å². The van der Waals surface area contributed by atoms with E-state index in [1.165, 1.54) is 12.1 Å². The minimum Gasteiger partial charge on any atom is -0.394 e. The van der Waals surface area contributed by atoms with Gasteiger partial charge in [-0.1, -0.05) is 18.2 Å². The van der Waals surface area contributed by atoms with Gasteiger partial charge in [0.15, 0.2) is 0 Å². The Balaban J connectivity index is 2.16. The fourth-order valence-corrected chi connectivity index (χ4v) is 2.36. The van der Waals surface area contributed by atoms with Gasteiger partial charge in [-0.15, -0.1) is 0 Å². The molecular weight excluding hydrogens is 273 g/mol. The van der Waals surface area contributed by atoms with E-state index < -0.39 is 0 Å². The molecular formula is C16H20FNO3. The van der Waals surface area contributed by atoms with Gasteiger partial charge < -0.3 is 14.7 Å². The summed E-state index contributed by atoms with van der Waals surface area (Å²) < 4.78 is 19.1. The number of hydrogen-bond acceptors (Lipinski definition) is 3. The molecule has 0 aliphatic carbocycles. The highest BCUT2D eigenvalue weighted by atomic mass is 19.1. The molecule has 0 aromatic heterocycles. The molecule has 2 unspecified atom stereocenters. The lowest BCUT2D eigenvalue weighted by Gasteiger charge is -2.37. The van der Waals surface area contributed by atoms with E-state index in [9.17, 15) is 9.18 Å². The molecule has 114 valence electrons. The number of ether oxygens (including phenoxy) is 1. The molecule has 1 heterocycles. The molecule has 0 spiro atoms. The highest BCUT2D eigenvalue weighted by molar-refractivity contribution is 5.95. The van der Waals surface area contributed by atoms with E-state index in [0.29, 0.717) is 24.3 Å². The molecule has 0 bridgehead atoms. The van der Waals surface area contributed by atoms with Crippen molar-refractivity contribution in [3.05, 3.63) is 41.7 Å². The average Bonchev–Trinajstić information content (AvgIpc) is 2.48. The molecule has 2 atom stereocenters. The van der Waals surface area contributed by atoms with Crippen LogP contribution in [-0.4, -0.2) is 47.8 Å². The fourth-order valence-electron chi connectivity index (χ4n) is 2.36. The van der Waals surface area contributed by atoms with E-state index in [-0.39, 0.29) is 30.5 Å². The van der Waals surface area contributed by atoms with Crippen LogP contribution in [0.25, 0.3) is 5.57 Å². The molecule has 1 N–H and O–H groups in total. The van der Waals surface area contributed by atoms with Gasteiger partial charge in [-0.05, 0) is 25.5 Å². The van der Waals surface area contributed by atoms with Crippen molar-refractivity contribution in [2.24, 2.45) is 0 Å². The van der Waals surface area contributed by atoms with E-state index >= 15 is 0 Å². The van der Waals surface area contributed by atoms with E-state index in [1.807, 2.05) is 6.92 Å². The molecule has 4 nitrogen and oxygen atoms in total. The molecule has 1 amide bonds. The van der Waals surface area contributed by atoms with Crippen LogP contribution < -0.4 is 0 Å². The van der Waals surface area contributed by atoms with Gasteiger partial charge in [-0.2, -0.15) is 0 Å². The lowest BCUT2D eigenvalue weighted by molar-refractivity contribution is -0.140. The van der Waals surface area contributed by atoms with Crippen LogP contribution in [0.3, 0.4) is 0 Å². The van der Waals surface area contributed by atoms with Gasteiger partial charge in [0, 0.05) is 18.2 Å². The van der Waals surface area contributed by atoms with Crippen molar-refractivity contribution >= 4 is 11.5 Å². The lowest BCUT2D eigenvalue weighted by atomic mass is 10.1. The van der Waals surface area contributed by atoms with Crippen molar-refractivity contribution < 1.29 is 19.0 Å². The van der Waals surface area contributed by atoms with Crippen molar-refractivity contribution in [1.29, 1.82) is 0 Å². The number of benzene rings is 1. The first-order valence-corrected chi connectivity index (χ1v) is 6.99. The van der Waals surface area contributed by atoms with Crippen LogP contribution in [-0.2, 0) is 9.53 Å². The molecule has 5 heteroatoms. The summed E-state index contributed by atoms with van der Waals surface area (Å²) in [4.78, 5) is 14.0. The van der Waals surface area contributed by atoms with Gasteiger partial charge in [0.2, 0.25) is 5.91 Å². The Hall–Kier alpha value is -1.72. The van der Waals surface area contributed by atoms with Gasteiger partial charge in [-0.25, -0.2) is 4.39 Å². The second-order valence-electron chi connectivity index (χ2n) is 5.28. The van der Waals surface area contributed by atoms with Crippen molar-refractivity contribution in [1.82, 2.24) is 4.90 Å². The van der Waals surface area contributed by atoms with Crippen LogP contribution in [0.5, 0.6) is 0 Å². The standard InChI is InChI=1S/C16H20FNO3/c1-11(14-5-3-4-6-15(14)17)7-16(20)18-8-13(9-19)21-10-12(18)2/h3-7,12-13,19H,8-10H2,1-2H3/b11-7-. The lowest BCUT2D eigenvalue weighted by Crippen LogP contribution is -2.51. The van der Waals surface area contributed by atoms with Crippen molar-refractivity contribution in [2.75, 3.05) is 19.8 Å². The number of carbonyl (C=O) groups is 1. The highest BCUT2D eigenvalue weighted by Gasteiger charge is 2.28. The van der Waals surface area contributed by atoms with Crippen LogP contribution in [0, 0.1) is 5.82 Å². The summed E-state index contributed by atoms with van der Waals surface area (Å²) in [6.45, 7) is 4.22. The zero-order chi connectivity index (χ0) is 15.4. The molecule has 1 aromatic rings. The Morgan fingerprint density at radius 3 is 2.90 bits per heavy atom. The van der Waals surface area contributed by atoms with Crippen molar-refractivity contribution in [3.63, 3.8) is 0 Å². The number of aliphatic hydroxyl groups is 1. The van der Waals surface area contributed by atoms with E-state index in [1.54, 1.807) is 30.0 Å². The summed E-state index contributed by atoms with van der Waals surface area (Å²) in [6.07, 6.45) is 1.08. The SMILES string of the molecule is C/C(=C/C(=O)N1CC(CO)OCC1C)c1ccccc1F. The van der Waals surface area contributed by atoms with Gasteiger partial charge in [-0.3, -0.25) is 4.79 Å². The number of halogens is 1. The summed E-state index contributed by atoms with van der Waals surface area (Å²) in [7, 11) is 0. The molecule has 0 radical (unpaired) electrons. The molecule has 2 rings (SSSR count). The maximum Gasteiger partial charge on any atom is 0.247 e. The topological polar surface area (TPSA) is 49.8 Å². The maximum absolute atomic E-state index is 13.7. The van der Waals surface area contributed by atoms with Gasteiger partial charge in [0.1, 0.15) is 5.82 Å². The molecule has 1 aromatic carbocycles. The molecule has 1 aliphatic heterocycles. The summed E-state index contributed by atoms with van der Waals surface area (Å²) in [5, 5.41) is 9.15. The first-order valence-electron chi connectivity index (χ1n) is 6.99. The minimum atomic E-state index is -0.354. The van der Waals surface area contributed by atoms with Crippen LogP contribution in [0.1, 0.15) is 19.4 Å². The van der Waals surface area contributed by atoms with E-state index in [4.69, 9.17) is 9.84 Å². The third kappa shape index (κ3) is 3.68. The Labute approximate surface area is 123 Å². The number of morpholine rings is 1. The summed E-state index contributed by atoms with van der Waals surface area (Å²) >= 11 is 0. The minimum absolute atomic E-state index is 0.0648. The second kappa shape index (κ2) is 6.83. The predicted octanol–water partition coefficient (Wildman–Crippen LogP) is 1.84. The largest absolute Gasteiger partial charge is 0.394 e. The number of aliphatic hydroxyl groups excluding tert-OH is 1. The molecule has 1 saturated heterocycles. The third-order valence-corrected chi connectivity index (χ3v) is 3.63. The van der Waals surface area contributed by atoms with Crippen molar-refractivity contribution in [3.8, 4) is 0 Å². The molecule has 21 heavy (non-hydrogen) atoms. The van der Waals surface area contributed by atoms with Gasteiger partial charge in [0.05, 0.1) is 25.4 Å². The van der Waals surface area contributed by atoms with Crippen LogP contribution in [0.2, 0.25) is 0 Å². The Kier molecular flexibility index (Phi) is 5.09. The number of hydrogen-bond donors (Lipinski definition) is 1. The second-order valence-corrected chi connectivity index (χ2v) is 5.28. The molecule has 1 aliphatic rings. The number of rotatable bonds is 3. The Bertz CT molecular complexity index is 544. The first kappa shape index (κ1) is 15.7. The third-order valence-electron chi connectivity index (χ3n) is 3.63. The van der Waals surface area contributed by atoms with Crippen LogP contribution in [0.15, 0.2) is 30.3 Å². The Morgan fingerprint density at radius 2 is 2.24 bits per heavy atom. The normalized spacial score (nSPS) is 23.2. The summed E-state index contributed by atoms with van der Waals surface area (Å²) in [6, 6.07) is 6.30. The van der Waals surface area contributed by atoms with E-state index in [2.05, 4.69) is 0 Å². The molecule has 1 fully saturated rings. The first-order chi connectivity index (χ1) is 10.0.